The van der Waals surface area contributed by atoms with E-state index in [9.17, 15) is 4.79 Å². The van der Waals surface area contributed by atoms with Crippen LogP contribution in [0.1, 0.15) is 53.0 Å². The van der Waals surface area contributed by atoms with Gasteiger partial charge in [0, 0.05) is 25.7 Å². The molecule has 0 radical (unpaired) electrons. The van der Waals surface area contributed by atoms with Crippen LogP contribution in [0.2, 0.25) is 0 Å². The van der Waals surface area contributed by atoms with Gasteiger partial charge in [-0.05, 0) is 44.7 Å². The van der Waals surface area contributed by atoms with E-state index in [0.717, 1.165) is 38.9 Å². The van der Waals surface area contributed by atoms with Crippen molar-refractivity contribution in [3.8, 4) is 0 Å². The van der Waals surface area contributed by atoms with Gasteiger partial charge in [-0.3, -0.25) is 0 Å². The minimum absolute atomic E-state index is 0.278. The molecule has 2 rings (SSSR count). The Labute approximate surface area is 155 Å². The fraction of sp³-hybridized carbons (Fsp3) is 0.667. The minimum Gasteiger partial charge on any atom is -0.351 e. The third kappa shape index (κ3) is 8.92. The molecular formula is C21H39N3O. The van der Waals surface area contributed by atoms with Crippen molar-refractivity contribution in [1.82, 2.24) is 9.80 Å². The average Bonchev–Trinajstić information content (AvgIpc) is 2.66. The van der Waals surface area contributed by atoms with Gasteiger partial charge in [-0.25, -0.2) is 4.79 Å². The van der Waals surface area contributed by atoms with Gasteiger partial charge in [0.05, 0.1) is 0 Å². The second-order valence-electron chi connectivity index (χ2n) is 6.25. The molecule has 1 atom stereocenters. The van der Waals surface area contributed by atoms with Crippen molar-refractivity contribution in [2.45, 2.75) is 59.9 Å². The molecule has 0 aromatic heterocycles. The molecule has 2 N–H and O–H groups in total. The molecule has 1 aliphatic heterocycles. The molecule has 1 aromatic rings. The maximum Gasteiger partial charge on any atom is 0.314 e. The summed E-state index contributed by atoms with van der Waals surface area (Å²) in [6.45, 7) is 13.0. The van der Waals surface area contributed by atoms with Gasteiger partial charge in [0.25, 0.3) is 0 Å². The molecule has 1 unspecified atom stereocenters. The predicted molar refractivity (Wildman–Crippen MR) is 109 cm³/mol. The number of nitrogens with zero attached hydrogens (tertiary/aromatic N) is 2. The van der Waals surface area contributed by atoms with Gasteiger partial charge < -0.3 is 15.5 Å². The summed E-state index contributed by atoms with van der Waals surface area (Å²) in [5.74, 6) is 0.670. The van der Waals surface area contributed by atoms with Crippen molar-refractivity contribution < 1.29 is 4.79 Å². The maximum absolute atomic E-state index is 11.1. The summed E-state index contributed by atoms with van der Waals surface area (Å²) in [4.78, 5) is 15.3. The summed E-state index contributed by atoms with van der Waals surface area (Å²) in [6, 6.07) is 10.9. The number of primary amides is 1. The molecule has 0 spiro atoms. The van der Waals surface area contributed by atoms with Crippen LogP contribution in [0, 0.1) is 5.92 Å². The molecule has 1 aliphatic rings. The van der Waals surface area contributed by atoms with Crippen molar-refractivity contribution in [3.05, 3.63) is 35.9 Å². The molecule has 0 bridgehead atoms. The molecule has 0 aliphatic carbocycles. The third-order valence-electron chi connectivity index (χ3n) is 4.60. The number of carbonyl (C=O) groups is 1. The van der Waals surface area contributed by atoms with Crippen molar-refractivity contribution in [2.24, 2.45) is 11.7 Å². The largest absolute Gasteiger partial charge is 0.351 e. The van der Waals surface area contributed by atoms with E-state index in [1.54, 1.807) is 4.90 Å². The van der Waals surface area contributed by atoms with Crippen molar-refractivity contribution in [3.63, 3.8) is 0 Å². The number of nitrogens with two attached hydrogens (primary N) is 1. The number of urea groups is 1. The molecule has 0 saturated carbocycles. The Kier molecular flexibility index (Phi) is 12.9. The number of hydrogen-bond acceptors (Lipinski definition) is 2. The lowest BCUT2D eigenvalue weighted by Gasteiger charge is -2.34. The Balaban J connectivity index is 0.00000134. The Bertz CT molecular complexity index is 442. The van der Waals surface area contributed by atoms with Crippen molar-refractivity contribution in [1.29, 1.82) is 0 Å². The SMILES string of the molecule is CC.CC.CC(Cc1ccccc1)N(C)CC1CCN(C(N)=O)CC1. The quantitative estimate of drug-likeness (QED) is 0.857. The van der Waals surface area contributed by atoms with E-state index >= 15 is 0 Å². The summed E-state index contributed by atoms with van der Waals surface area (Å²) in [7, 11) is 2.20. The Morgan fingerprint density at radius 3 is 2.16 bits per heavy atom. The van der Waals surface area contributed by atoms with E-state index in [-0.39, 0.29) is 6.03 Å². The lowest BCUT2D eigenvalue weighted by molar-refractivity contribution is 0.147. The van der Waals surface area contributed by atoms with Crippen LogP contribution in [0.4, 0.5) is 4.79 Å². The van der Waals surface area contributed by atoms with Gasteiger partial charge in [-0.2, -0.15) is 0 Å². The van der Waals surface area contributed by atoms with Crippen LogP contribution in [0.25, 0.3) is 0 Å². The van der Waals surface area contributed by atoms with Crippen LogP contribution in [0.5, 0.6) is 0 Å². The zero-order chi connectivity index (χ0) is 19.2. The van der Waals surface area contributed by atoms with Crippen molar-refractivity contribution >= 4 is 6.03 Å². The zero-order valence-corrected chi connectivity index (χ0v) is 17.2. The standard InChI is InChI=1S/C17H27N3O.2C2H6/c1-14(12-15-6-4-3-5-7-15)19(2)13-16-8-10-20(11-9-16)17(18)21;2*1-2/h3-7,14,16H,8-13H2,1-2H3,(H2,18,21);2*1-2H3. The molecule has 1 aromatic carbocycles. The number of benzene rings is 1. The average molecular weight is 350 g/mol. The van der Waals surface area contributed by atoms with Gasteiger partial charge in [-0.15, -0.1) is 0 Å². The summed E-state index contributed by atoms with van der Waals surface area (Å²) >= 11 is 0. The number of likely N-dealkylation sites (tertiary alicyclic amines) is 1. The Hall–Kier alpha value is -1.55. The topological polar surface area (TPSA) is 49.6 Å². The fourth-order valence-corrected chi connectivity index (χ4v) is 3.03. The van der Waals surface area contributed by atoms with E-state index < -0.39 is 0 Å². The number of carbonyl (C=O) groups excluding carboxylic acids is 1. The highest BCUT2D eigenvalue weighted by molar-refractivity contribution is 5.72. The van der Waals surface area contributed by atoms with Crippen LogP contribution in [0.3, 0.4) is 0 Å². The first kappa shape index (κ1) is 23.4. The van der Waals surface area contributed by atoms with E-state index in [1.807, 2.05) is 27.7 Å². The lowest BCUT2D eigenvalue weighted by Crippen LogP contribution is -2.44. The monoisotopic (exact) mass is 349 g/mol. The highest BCUT2D eigenvalue weighted by Crippen LogP contribution is 2.19. The number of piperidine rings is 1. The van der Waals surface area contributed by atoms with Crippen LogP contribution < -0.4 is 5.73 Å². The molecule has 25 heavy (non-hydrogen) atoms. The fourth-order valence-electron chi connectivity index (χ4n) is 3.03. The highest BCUT2D eigenvalue weighted by atomic mass is 16.2. The zero-order valence-electron chi connectivity index (χ0n) is 17.2. The summed E-state index contributed by atoms with van der Waals surface area (Å²) in [5.41, 5.74) is 6.71. The first-order chi connectivity index (χ1) is 12.1. The maximum atomic E-state index is 11.1. The van der Waals surface area contributed by atoms with Crippen LogP contribution in [-0.4, -0.2) is 48.6 Å². The van der Waals surface area contributed by atoms with Gasteiger partial charge in [0.2, 0.25) is 0 Å². The Morgan fingerprint density at radius 2 is 1.68 bits per heavy atom. The summed E-state index contributed by atoms with van der Waals surface area (Å²) < 4.78 is 0. The minimum atomic E-state index is -0.278. The van der Waals surface area contributed by atoms with Gasteiger partial charge in [-0.1, -0.05) is 58.0 Å². The van der Waals surface area contributed by atoms with E-state index in [1.165, 1.54) is 5.56 Å². The first-order valence-corrected chi connectivity index (χ1v) is 9.85. The molecular weight excluding hydrogens is 310 g/mol. The van der Waals surface area contributed by atoms with E-state index in [2.05, 4.69) is 49.2 Å². The van der Waals surface area contributed by atoms with E-state index in [0.29, 0.717) is 12.0 Å². The normalized spacial score (nSPS) is 15.6. The summed E-state index contributed by atoms with van der Waals surface area (Å²) in [5, 5.41) is 0. The molecule has 1 saturated heterocycles. The van der Waals surface area contributed by atoms with Crippen LogP contribution >= 0.6 is 0 Å². The number of likely N-dealkylation sites (N-methyl/N-ethyl adjacent to an activating group) is 1. The van der Waals surface area contributed by atoms with Gasteiger partial charge in [0.1, 0.15) is 0 Å². The van der Waals surface area contributed by atoms with Gasteiger partial charge >= 0.3 is 6.03 Å². The number of hydrogen-bond donors (Lipinski definition) is 1. The second kappa shape index (κ2) is 13.7. The molecule has 1 heterocycles. The van der Waals surface area contributed by atoms with Crippen LogP contribution in [0.15, 0.2) is 30.3 Å². The molecule has 144 valence electrons. The molecule has 4 heteroatoms. The number of amides is 2. The Morgan fingerprint density at radius 1 is 1.16 bits per heavy atom. The molecule has 2 amide bonds. The molecule has 1 fully saturated rings. The van der Waals surface area contributed by atoms with Gasteiger partial charge in [0.15, 0.2) is 0 Å². The van der Waals surface area contributed by atoms with Crippen LogP contribution in [-0.2, 0) is 6.42 Å². The van der Waals surface area contributed by atoms with Crippen molar-refractivity contribution in [2.75, 3.05) is 26.7 Å². The van der Waals surface area contributed by atoms with E-state index in [4.69, 9.17) is 5.73 Å². The molecule has 4 nitrogen and oxygen atoms in total. The second-order valence-corrected chi connectivity index (χ2v) is 6.25. The third-order valence-corrected chi connectivity index (χ3v) is 4.60. The number of rotatable bonds is 5. The summed E-state index contributed by atoms with van der Waals surface area (Å²) in [6.07, 6.45) is 3.20. The smallest absolute Gasteiger partial charge is 0.314 e. The first-order valence-electron chi connectivity index (χ1n) is 9.85. The highest BCUT2D eigenvalue weighted by Gasteiger charge is 2.23. The lowest BCUT2D eigenvalue weighted by atomic mass is 9.95. The predicted octanol–water partition coefficient (Wildman–Crippen LogP) is 4.39.